The maximum absolute atomic E-state index is 14.0. The molecule has 0 spiro atoms. The van der Waals surface area contributed by atoms with E-state index in [9.17, 15) is 14.3 Å². The maximum atomic E-state index is 14.0. The SMILES string of the molecule is CC(C)(C)OC(=O)N[C@H]1CC(O)CO[C@@H]1c1ccccc1F. The quantitative estimate of drug-likeness (QED) is 0.881. The Morgan fingerprint density at radius 2 is 2.09 bits per heavy atom. The van der Waals surface area contributed by atoms with Crippen molar-refractivity contribution in [3.63, 3.8) is 0 Å². The lowest BCUT2D eigenvalue weighted by Crippen LogP contribution is -2.48. The smallest absolute Gasteiger partial charge is 0.407 e. The first-order valence-electron chi connectivity index (χ1n) is 7.30. The van der Waals surface area contributed by atoms with E-state index in [0.717, 1.165) is 0 Å². The summed E-state index contributed by atoms with van der Waals surface area (Å²) in [5.41, 5.74) is -0.276. The fourth-order valence-electron chi connectivity index (χ4n) is 2.42. The third kappa shape index (κ3) is 4.42. The van der Waals surface area contributed by atoms with Gasteiger partial charge in [-0.1, -0.05) is 18.2 Å². The summed E-state index contributed by atoms with van der Waals surface area (Å²) in [6.07, 6.45) is -1.70. The second kappa shape index (κ2) is 6.62. The summed E-state index contributed by atoms with van der Waals surface area (Å²) in [6.45, 7) is 5.37. The monoisotopic (exact) mass is 311 g/mol. The van der Waals surface area contributed by atoms with Gasteiger partial charge < -0.3 is 19.9 Å². The lowest BCUT2D eigenvalue weighted by atomic mass is 9.94. The molecule has 1 aromatic rings. The highest BCUT2D eigenvalue weighted by atomic mass is 19.1. The Bertz CT molecular complexity index is 529. The number of amides is 1. The zero-order chi connectivity index (χ0) is 16.3. The molecule has 1 aromatic carbocycles. The summed E-state index contributed by atoms with van der Waals surface area (Å²) >= 11 is 0. The molecule has 1 amide bonds. The van der Waals surface area contributed by atoms with Crippen LogP contribution in [-0.4, -0.2) is 35.6 Å². The third-order valence-electron chi connectivity index (χ3n) is 3.27. The van der Waals surface area contributed by atoms with Crippen LogP contribution in [0.15, 0.2) is 24.3 Å². The Hall–Kier alpha value is -1.66. The molecule has 1 aliphatic heterocycles. The number of rotatable bonds is 2. The summed E-state index contributed by atoms with van der Waals surface area (Å²) in [4.78, 5) is 11.9. The number of alkyl carbamates (subject to hydrolysis) is 1. The number of halogens is 1. The third-order valence-corrected chi connectivity index (χ3v) is 3.27. The predicted octanol–water partition coefficient (Wildman–Crippen LogP) is 2.54. The fourth-order valence-corrected chi connectivity index (χ4v) is 2.42. The van der Waals surface area contributed by atoms with Gasteiger partial charge in [0.1, 0.15) is 17.5 Å². The standard InChI is InChI=1S/C16H22FNO4/c1-16(2,3)22-15(20)18-13-8-10(19)9-21-14(13)11-6-4-5-7-12(11)17/h4-7,10,13-14,19H,8-9H2,1-3H3,(H,18,20)/t10?,13-,14+/m0/s1. The topological polar surface area (TPSA) is 67.8 Å². The normalized spacial score (nSPS) is 25.6. The molecule has 1 aliphatic rings. The Morgan fingerprint density at radius 3 is 2.73 bits per heavy atom. The number of carbonyl (C=O) groups excluding carboxylic acids is 1. The molecule has 122 valence electrons. The number of carbonyl (C=O) groups is 1. The van der Waals surface area contributed by atoms with E-state index in [2.05, 4.69) is 5.32 Å². The van der Waals surface area contributed by atoms with Gasteiger partial charge in [0.25, 0.3) is 0 Å². The molecule has 2 N–H and O–H groups in total. The molecule has 1 fully saturated rings. The van der Waals surface area contributed by atoms with Crippen LogP contribution in [-0.2, 0) is 9.47 Å². The molecule has 1 heterocycles. The molecule has 0 aliphatic carbocycles. The Balaban J connectivity index is 2.14. The molecule has 0 aromatic heterocycles. The summed E-state index contributed by atoms with van der Waals surface area (Å²) in [5.74, 6) is -0.403. The minimum atomic E-state index is -0.706. The van der Waals surface area contributed by atoms with Crippen LogP contribution in [0.1, 0.15) is 38.9 Å². The van der Waals surface area contributed by atoms with E-state index >= 15 is 0 Å². The number of nitrogens with one attached hydrogen (secondary N) is 1. The summed E-state index contributed by atoms with van der Waals surface area (Å²) in [7, 11) is 0. The molecule has 1 saturated heterocycles. The Kier molecular flexibility index (Phi) is 5.03. The summed E-state index contributed by atoms with van der Waals surface area (Å²) in [6, 6.07) is 5.69. The minimum Gasteiger partial charge on any atom is -0.444 e. The van der Waals surface area contributed by atoms with E-state index in [-0.39, 0.29) is 13.0 Å². The number of hydrogen-bond acceptors (Lipinski definition) is 4. The second-order valence-corrected chi connectivity index (χ2v) is 6.42. The highest BCUT2D eigenvalue weighted by Gasteiger charge is 2.35. The van der Waals surface area contributed by atoms with Gasteiger partial charge in [-0.2, -0.15) is 0 Å². The maximum Gasteiger partial charge on any atom is 0.407 e. The molecule has 0 radical (unpaired) electrons. The van der Waals surface area contributed by atoms with Crippen molar-refractivity contribution in [1.82, 2.24) is 5.32 Å². The lowest BCUT2D eigenvalue weighted by Gasteiger charge is -2.35. The van der Waals surface area contributed by atoms with Crippen LogP contribution in [0.2, 0.25) is 0 Å². The number of aliphatic hydroxyl groups excluding tert-OH is 1. The highest BCUT2D eigenvalue weighted by Crippen LogP contribution is 2.30. The van der Waals surface area contributed by atoms with E-state index < -0.39 is 35.8 Å². The molecule has 1 unspecified atom stereocenters. The summed E-state index contributed by atoms with van der Waals surface area (Å²) < 4.78 is 24.7. The largest absolute Gasteiger partial charge is 0.444 e. The molecule has 5 nitrogen and oxygen atoms in total. The van der Waals surface area contributed by atoms with Crippen molar-refractivity contribution in [2.45, 2.75) is 51.0 Å². The molecular weight excluding hydrogens is 289 g/mol. The van der Waals surface area contributed by atoms with Gasteiger partial charge >= 0.3 is 6.09 Å². The van der Waals surface area contributed by atoms with Crippen LogP contribution in [0.4, 0.5) is 9.18 Å². The van der Waals surface area contributed by atoms with Crippen LogP contribution >= 0.6 is 0 Å². The number of hydrogen-bond donors (Lipinski definition) is 2. The van der Waals surface area contributed by atoms with E-state index in [4.69, 9.17) is 9.47 Å². The number of ether oxygens (including phenoxy) is 2. The zero-order valence-electron chi connectivity index (χ0n) is 13.0. The predicted molar refractivity (Wildman–Crippen MR) is 78.9 cm³/mol. The van der Waals surface area contributed by atoms with Crippen LogP contribution in [0.5, 0.6) is 0 Å². The van der Waals surface area contributed by atoms with E-state index in [0.29, 0.717) is 5.56 Å². The van der Waals surface area contributed by atoms with E-state index in [1.807, 2.05) is 0 Å². The van der Waals surface area contributed by atoms with Gasteiger partial charge in [0, 0.05) is 5.56 Å². The van der Waals surface area contributed by atoms with Gasteiger partial charge in [0.15, 0.2) is 0 Å². The highest BCUT2D eigenvalue weighted by molar-refractivity contribution is 5.68. The lowest BCUT2D eigenvalue weighted by molar-refractivity contribution is -0.0779. The number of benzene rings is 1. The minimum absolute atomic E-state index is 0.103. The molecule has 2 rings (SSSR count). The van der Waals surface area contributed by atoms with E-state index in [1.165, 1.54) is 6.07 Å². The average molecular weight is 311 g/mol. The van der Waals surface area contributed by atoms with Crippen molar-refractivity contribution in [2.75, 3.05) is 6.61 Å². The van der Waals surface area contributed by atoms with Crippen molar-refractivity contribution < 1.29 is 23.8 Å². The van der Waals surface area contributed by atoms with Gasteiger partial charge in [0.2, 0.25) is 0 Å². The summed E-state index contributed by atoms with van der Waals surface area (Å²) in [5, 5.41) is 12.4. The molecule has 6 heteroatoms. The number of aliphatic hydroxyl groups is 1. The molecule has 3 atom stereocenters. The van der Waals surface area contributed by atoms with Crippen LogP contribution in [0, 0.1) is 5.82 Å². The van der Waals surface area contributed by atoms with E-state index in [1.54, 1.807) is 39.0 Å². The Morgan fingerprint density at radius 1 is 1.41 bits per heavy atom. The fraction of sp³-hybridized carbons (Fsp3) is 0.562. The van der Waals surface area contributed by atoms with Crippen molar-refractivity contribution in [3.8, 4) is 0 Å². The van der Waals surface area contributed by atoms with Crippen molar-refractivity contribution >= 4 is 6.09 Å². The van der Waals surface area contributed by atoms with Gasteiger partial charge in [-0.15, -0.1) is 0 Å². The van der Waals surface area contributed by atoms with Gasteiger partial charge in [-0.3, -0.25) is 0 Å². The molecular formula is C16H22FNO4. The van der Waals surface area contributed by atoms with Crippen molar-refractivity contribution in [1.29, 1.82) is 0 Å². The molecule has 0 saturated carbocycles. The molecule has 0 bridgehead atoms. The van der Waals surface area contributed by atoms with Crippen molar-refractivity contribution in [3.05, 3.63) is 35.6 Å². The first kappa shape index (κ1) is 16.7. The molecule has 22 heavy (non-hydrogen) atoms. The van der Waals surface area contributed by atoms with Gasteiger partial charge in [0.05, 0.1) is 18.8 Å². The first-order valence-corrected chi connectivity index (χ1v) is 7.30. The average Bonchev–Trinajstić information content (AvgIpc) is 2.38. The van der Waals surface area contributed by atoms with Crippen LogP contribution in [0.3, 0.4) is 0 Å². The zero-order valence-corrected chi connectivity index (χ0v) is 13.0. The van der Waals surface area contributed by atoms with Crippen LogP contribution in [0.25, 0.3) is 0 Å². The second-order valence-electron chi connectivity index (χ2n) is 6.42. The first-order chi connectivity index (χ1) is 10.3. The Labute approximate surface area is 129 Å². The van der Waals surface area contributed by atoms with Gasteiger partial charge in [-0.05, 0) is 33.3 Å². The van der Waals surface area contributed by atoms with Crippen LogP contribution < -0.4 is 5.32 Å². The van der Waals surface area contributed by atoms with Crippen molar-refractivity contribution in [2.24, 2.45) is 0 Å². The van der Waals surface area contributed by atoms with Gasteiger partial charge in [-0.25, -0.2) is 9.18 Å².